The molecular formula is C16H15NO2. The number of ether oxygens (including phenoxy) is 1. The fourth-order valence-corrected chi connectivity index (χ4v) is 2.43. The van der Waals surface area contributed by atoms with Crippen molar-refractivity contribution in [1.29, 1.82) is 0 Å². The Hall–Kier alpha value is -2.29. The van der Waals surface area contributed by atoms with Gasteiger partial charge < -0.3 is 10.1 Å². The minimum Gasteiger partial charge on any atom is -0.434 e. The number of fused-ring (bicyclic) bond motifs is 1. The van der Waals surface area contributed by atoms with Crippen molar-refractivity contribution >= 4 is 11.7 Å². The molecule has 1 aliphatic rings. The van der Waals surface area contributed by atoms with Crippen molar-refractivity contribution in [3.05, 3.63) is 64.7 Å². The lowest BCUT2D eigenvalue weighted by Crippen LogP contribution is -2.12. The van der Waals surface area contributed by atoms with Crippen LogP contribution < -0.4 is 5.32 Å². The second-order valence-corrected chi connectivity index (χ2v) is 4.78. The van der Waals surface area contributed by atoms with E-state index in [9.17, 15) is 4.79 Å². The first-order valence-electron chi connectivity index (χ1n) is 6.29. The Labute approximate surface area is 112 Å². The lowest BCUT2D eigenvalue weighted by atomic mass is 10.1. The molecule has 2 aromatic carbocycles. The molecule has 0 saturated heterocycles. The van der Waals surface area contributed by atoms with E-state index < -0.39 is 6.23 Å². The molecule has 1 atom stereocenters. The molecule has 2 aromatic rings. The van der Waals surface area contributed by atoms with E-state index in [1.54, 1.807) is 6.07 Å². The predicted molar refractivity (Wildman–Crippen MR) is 74.1 cm³/mol. The number of nitrogens with one attached hydrogen (secondary N) is 1. The normalized spacial score (nSPS) is 16.9. The first kappa shape index (κ1) is 11.8. The van der Waals surface area contributed by atoms with E-state index in [0.717, 1.165) is 22.4 Å². The van der Waals surface area contributed by atoms with Crippen molar-refractivity contribution in [3.8, 4) is 0 Å². The van der Waals surface area contributed by atoms with Crippen molar-refractivity contribution in [2.24, 2.45) is 0 Å². The predicted octanol–water partition coefficient (Wildman–Crippen LogP) is 3.58. The summed E-state index contributed by atoms with van der Waals surface area (Å²) in [6.07, 6.45) is -0.400. The van der Waals surface area contributed by atoms with Crippen LogP contribution in [0.5, 0.6) is 0 Å². The standard InChI is InChI=1S/C16H15NO2/c1-10-6-5-7-11(2)14(10)17-15-12-8-3-4-9-13(12)16(18)19-15/h3-9,15,17H,1-2H3/t15-/m1/s1. The van der Waals surface area contributed by atoms with Crippen LogP contribution in [0.2, 0.25) is 0 Å². The average Bonchev–Trinajstić information content (AvgIpc) is 2.72. The Balaban J connectivity index is 1.96. The third-order valence-corrected chi connectivity index (χ3v) is 3.44. The third kappa shape index (κ3) is 1.97. The molecule has 19 heavy (non-hydrogen) atoms. The van der Waals surface area contributed by atoms with E-state index >= 15 is 0 Å². The van der Waals surface area contributed by atoms with Crippen molar-refractivity contribution in [2.45, 2.75) is 20.1 Å². The molecule has 3 nitrogen and oxygen atoms in total. The van der Waals surface area contributed by atoms with E-state index in [2.05, 4.69) is 5.32 Å². The van der Waals surface area contributed by atoms with Crippen molar-refractivity contribution in [2.75, 3.05) is 5.32 Å². The van der Waals surface area contributed by atoms with Crippen LogP contribution in [0.4, 0.5) is 5.69 Å². The van der Waals surface area contributed by atoms with Gasteiger partial charge in [0.25, 0.3) is 0 Å². The van der Waals surface area contributed by atoms with Gasteiger partial charge in [-0.2, -0.15) is 0 Å². The van der Waals surface area contributed by atoms with Crippen LogP contribution >= 0.6 is 0 Å². The van der Waals surface area contributed by atoms with Gasteiger partial charge >= 0.3 is 5.97 Å². The van der Waals surface area contributed by atoms with Gasteiger partial charge in [-0.15, -0.1) is 0 Å². The highest BCUT2D eigenvalue weighted by Gasteiger charge is 2.30. The van der Waals surface area contributed by atoms with Crippen LogP contribution in [0.25, 0.3) is 0 Å². The number of cyclic esters (lactones) is 1. The molecule has 3 heteroatoms. The maximum absolute atomic E-state index is 11.8. The topological polar surface area (TPSA) is 38.3 Å². The van der Waals surface area contributed by atoms with Crippen LogP contribution in [-0.4, -0.2) is 5.97 Å². The molecule has 0 unspecified atom stereocenters. The van der Waals surface area contributed by atoms with E-state index in [-0.39, 0.29) is 5.97 Å². The number of para-hydroxylation sites is 1. The minimum absolute atomic E-state index is 0.265. The summed E-state index contributed by atoms with van der Waals surface area (Å²) in [5.74, 6) is -0.265. The number of hydrogen-bond acceptors (Lipinski definition) is 3. The Bertz CT molecular complexity index is 629. The Morgan fingerprint density at radius 3 is 2.42 bits per heavy atom. The van der Waals surface area contributed by atoms with Crippen LogP contribution in [-0.2, 0) is 4.74 Å². The highest BCUT2D eigenvalue weighted by Crippen LogP contribution is 2.33. The van der Waals surface area contributed by atoms with Gasteiger partial charge in [-0.05, 0) is 31.0 Å². The smallest absolute Gasteiger partial charge is 0.340 e. The lowest BCUT2D eigenvalue weighted by Gasteiger charge is -2.18. The second-order valence-electron chi connectivity index (χ2n) is 4.78. The van der Waals surface area contributed by atoms with Gasteiger partial charge in [0.05, 0.1) is 5.56 Å². The summed E-state index contributed by atoms with van der Waals surface area (Å²) < 4.78 is 5.40. The molecule has 96 valence electrons. The number of anilines is 1. The van der Waals surface area contributed by atoms with Gasteiger partial charge in [0.15, 0.2) is 0 Å². The molecule has 1 heterocycles. The van der Waals surface area contributed by atoms with Crippen molar-refractivity contribution in [1.82, 2.24) is 0 Å². The number of rotatable bonds is 2. The zero-order chi connectivity index (χ0) is 13.4. The zero-order valence-corrected chi connectivity index (χ0v) is 10.9. The fourth-order valence-electron chi connectivity index (χ4n) is 2.43. The number of carbonyl (C=O) groups is 1. The molecule has 0 spiro atoms. The summed E-state index contributed by atoms with van der Waals surface area (Å²) in [6.45, 7) is 4.08. The molecule has 0 saturated carbocycles. The third-order valence-electron chi connectivity index (χ3n) is 3.44. The van der Waals surface area contributed by atoms with Crippen molar-refractivity contribution in [3.63, 3.8) is 0 Å². The number of aryl methyl sites for hydroxylation is 2. The number of hydrogen-bond donors (Lipinski definition) is 1. The quantitative estimate of drug-likeness (QED) is 0.831. The summed E-state index contributed by atoms with van der Waals surface area (Å²) in [6, 6.07) is 13.6. The molecule has 0 bridgehead atoms. The van der Waals surface area contributed by atoms with E-state index in [4.69, 9.17) is 4.74 Å². The fraction of sp³-hybridized carbons (Fsp3) is 0.188. The first-order valence-corrected chi connectivity index (χ1v) is 6.29. The molecule has 0 amide bonds. The maximum atomic E-state index is 11.8. The summed E-state index contributed by atoms with van der Waals surface area (Å²) in [5.41, 5.74) is 4.85. The van der Waals surface area contributed by atoms with Gasteiger partial charge in [-0.1, -0.05) is 36.4 Å². The van der Waals surface area contributed by atoms with E-state index in [1.807, 2.05) is 50.2 Å². The van der Waals surface area contributed by atoms with E-state index in [1.165, 1.54) is 0 Å². The number of benzene rings is 2. The van der Waals surface area contributed by atoms with Gasteiger partial charge in [-0.25, -0.2) is 4.79 Å². The number of esters is 1. The van der Waals surface area contributed by atoms with Crippen LogP contribution in [0, 0.1) is 13.8 Å². The SMILES string of the molecule is Cc1cccc(C)c1N[C@@H]1OC(=O)c2ccccc21. The molecule has 3 rings (SSSR count). The Kier molecular flexibility index (Phi) is 2.75. The Morgan fingerprint density at radius 1 is 1.00 bits per heavy atom. The van der Waals surface area contributed by atoms with Crippen LogP contribution in [0.1, 0.15) is 33.3 Å². The van der Waals surface area contributed by atoms with E-state index in [0.29, 0.717) is 5.56 Å². The molecule has 1 aliphatic heterocycles. The van der Waals surface area contributed by atoms with Crippen LogP contribution in [0.3, 0.4) is 0 Å². The first-order chi connectivity index (χ1) is 9.16. The largest absolute Gasteiger partial charge is 0.434 e. The monoisotopic (exact) mass is 253 g/mol. The van der Waals surface area contributed by atoms with Gasteiger partial charge in [0.1, 0.15) is 0 Å². The van der Waals surface area contributed by atoms with Gasteiger partial charge in [0.2, 0.25) is 6.23 Å². The molecule has 1 N–H and O–H groups in total. The highest BCUT2D eigenvalue weighted by molar-refractivity contribution is 5.94. The Morgan fingerprint density at radius 2 is 1.68 bits per heavy atom. The maximum Gasteiger partial charge on any atom is 0.340 e. The molecule has 0 aliphatic carbocycles. The molecule has 0 fully saturated rings. The minimum atomic E-state index is -0.400. The van der Waals surface area contributed by atoms with Crippen molar-refractivity contribution < 1.29 is 9.53 Å². The molecular weight excluding hydrogens is 238 g/mol. The summed E-state index contributed by atoms with van der Waals surface area (Å²) in [5, 5.41) is 3.32. The summed E-state index contributed by atoms with van der Waals surface area (Å²) in [7, 11) is 0. The average molecular weight is 253 g/mol. The summed E-state index contributed by atoms with van der Waals surface area (Å²) in [4.78, 5) is 11.8. The zero-order valence-electron chi connectivity index (χ0n) is 10.9. The second kappa shape index (κ2) is 4.43. The lowest BCUT2D eigenvalue weighted by molar-refractivity contribution is 0.0437. The molecule has 0 radical (unpaired) electrons. The molecule has 0 aromatic heterocycles. The number of carbonyl (C=O) groups excluding carboxylic acids is 1. The van der Waals surface area contributed by atoms with Gasteiger partial charge in [-0.3, -0.25) is 0 Å². The summed E-state index contributed by atoms with van der Waals surface area (Å²) >= 11 is 0. The van der Waals surface area contributed by atoms with Crippen LogP contribution in [0.15, 0.2) is 42.5 Å². The van der Waals surface area contributed by atoms with Gasteiger partial charge in [0, 0.05) is 11.3 Å². The highest BCUT2D eigenvalue weighted by atomic mass is 16.6.